The molecule has 2 aromatic rings. The number of aromatic nitrogens is 1. The topological polar surface area (TPSA) is 94.8 Å². The minimum absolute atomic E-state index is 0.106. The molecule has 1 aromatic carbocycles. The largest absolute Gasteiger partial charge is 0.497 e. The minimum Gasteiger partial charge on any atom is -0.497 e. The molecule has 0 aliphatic rings. The van der Waals surface area contributed by atoms with Gasteiger partial charge in [0.1, 0.15) is 5.75 Å². The van der Waals surface area contributed by atoms with Crippen molar-refractivity contribution in [2.45, 2.75) is 6.92 Å². The molecule has 0 spiro atoms. The lowest BCUT2D eigenvalue weighted by atomic mass is 10.1. The summed E-state index contributed by atoms with van der Waals surface area (Å²) in [6.45, 7) is 1.32. The molecule has 1 heterocycles. The average molecular weight is 317 g/mol. The molecule has 120 valence electrons. The second-order valence-electron chi connectivity index (χ2n) is 4.66. The molecule has 0 unspecified atom stereocenters. The van der Waals surface area contributed by atoms with Crippen molar-refractivity contribution in [1.82, 2.24) is 4.57 Å². The van der Waals surface area contributed by atoms with Crippen LogP contribution in [0.3, 0.4) is 0 Å². The van der Waals surface area contributed by atoms with Gasteiger partial charge in [0.2, 0.25) is 5.91 Å². The molecule has 0 fully saturated rings. The monoisotopic (exact) mass is 317 g/mol. The Bertz CT molecular complexity index is 831. The Morgan fingerprint density at radius 3 is 2.43 bits per heavy atom. The van der Waals surface area contributed by atoms with Gasteiger partial charge in [-0.25, -0.2) is 9.59 Å². The van der Waals surface area contributed by atoms with Crippen molar-refractivity contribution in [2.75, 3.05) is 14.2 Å². The first-order valence-corrected chi connectivity index (χ1v) is 6.63. The Labute approximate surface area is 131 Å². The van der Waals surface area contributed by atoms with Crippen LogP contribution in [-0.2, 0) is 9.53 Å². The van der Waals surface area contributed by atoms with Crippen LogP contribution in [0.4, 0.5) is 0 Å². The van der Waals surface area contributed by atoms with Gasteiger partial charge in [-0.2, -0.15) is 0 Å². The normalized spacial score (nSPS) is 10.9. The highest BCUT2D eigenvalue weighted by molar-refractivity contribution is 6.11. The number of aliphatic carboxylic acids is 1. The van der Waals surface area contributed by atoms with Gasteiger partial charge in [0, 0.05) is 18.4 Å². The number of carbonyl (C=O) groups is 3. The zero-order valence-corrected chi connectivity index (χ0v) is 12.8. The molecule has 0 aliphatic carbocycles. The maximum atomic E-state index is 12.2. The Balaban J connectivity index is 2.92. The fourth-order valence-corrected chi connectivity index (χ4v) is 2.38. The predicted molar refractivity (Wildman–Crippen MR) is 82.8 cm³/mol. The van der Waals surface area contributed by atoms with Gasteiger partial charge in [-0.3, -0.25) is 9.36 Å². The number of hydrogen-bond donors (Lipinski definition) is 1. The number of fused-ring (bicyclic) bond motifs is 1. The predicted octanol–water partition coefficient (Wildman–Crippen LogP) is 2.19. The van der Waals surface area contributed by atoms with Crippen LogP contribution in [0.2, 0.25) is 0 Å². The Morgan fingerprint density at radius 1 is 1.22 bits per heavy atom. The zero-order chi connectivity index (χ0) is 17.1. The Kier molecular flexibility index (Phi) is 4.49. The molecular formula is C16H15NO6. The number of methoxy groups -OCH3 is 2. The van der Waals surface area contributed by atoms with Gasteiger partial charge in [0.05, 0.1) is 31.0 Å². The first-order valence-electron chi connectivity index (χ1n) is 6.63. The maximum absolute atomic E-state index is 12.2. The number of benzene rings is 1. The summed E-state index contributed by atoms with van der Waals surface area (Å²) in [5.74, 6) is -1.73. The SMILES string of the molecule is COC(=O)c1c(C=CC(=O)O)n(C(C)=O)c2ccc(OC)cc12. The fraction of sp³-hybridized carbons (Fsp3) is 0.188. The van der Waals surface area contributed by atoms with E-state index in [-0.39, 0.29) is 17.2 Å². The van der Waals surface area contributed by atoms with Gasteiger partial charge in [-0.1, -0.05) is 0 Å². The summed E-state index contributed by atoms with van der Waals surface area (Å²) in [5.41, 5.74) is 0.716. The van der Waals surface area contributed by atoms with Gasteiger partial charge < -0.3 is 14.6 Å². The third-order valence-corrected chi connectivity index (χ3v) is 3.30. The third kappa shape index (κ3) is 2.94. The highest BCUT2D eigenvalue weighted by atomic mass is 16.5. The molecule has 0 radical (unpaired) electrons. The molecular weight excluding hydrogens is 302 g/mol. The van der Waals surface area contributed by atoms with E-state index in [9.17, 15) is 14.4 Å². The number of hydrogen-bond acceptors (Lipinski definition) is 5. The molecule has 7 heteroatoms. The van der Waals surface area contributed by atoms with Gasteiger partial charge >= 0.3 is 11.9 Å². The van der Waals surface area contributed by atoms with Crippen LogP contribution in [0.25, 0.3) is 17.0 Å². The summed E-state index contributed by atoms with van der Waals surface area (Å²) in [7, 11) is 2.69. The van der Waals surface area contributed by atoms with Crippen molar-refractivity contribution in [3.63, 3.8) is 0 Å². The molecule has 1 aromatic heterocycles. The number of ether oxygens (including phenoxy) is 2. The number of carboxylic acid groups (broad SMARTS) is 1. The summed E-state index contributed by atoms with van der Waals surface area (Å²) in [4.78, 5) is 35.0. The number of carbonyl (C=O) groups excluding carboxylic acids is 2. The first-order chi connectivity index (χ1) is 10.9. The van der Waals surface area contributed by atoms with Gasteiger partial charge in [-0.15, -0.1) is 0 Å². The smallest absolute Gasteiger partial charge is 0.340 e. The van der Waals surface area contributed by atoms with Crippen LogP contribution in [0.1, 0.15) is 27.8 Å². The molecule has 1 N–H and O–H groups in total. The molecule has 0 saturated heterocycles. The molecule has 0 amide bonds. The summed E-state index contributed by atoms with van der Waals surface area (Å²) >= 11 is 0. The van der Waals surface area contributed by atoms with E-state index >= 15 is 0 Å². The van der Waals surface area contributed by atoms with E-state index in [4.69, 9.17) is 14.6 Å². The van der Waals surface area contributed by atoms with E-state index < -0.39 is 11.9 Å². The highest BCUT2D eigenvalue weighted by Crippen LogP contribution is 2.31. The molecule has 0 atom stereocenters. The molecule has 2 rings (SSSR count). The van der Waals surface area contributed by atoms with E-state index in [0.717, 1.165) is 6.08 Å². The lowest BCUT2D eigenvalue weighted by Crippen LogP contribution is -2.10. The van der Waals surface area contributed by atoms with Crippen LogP contribution in [0, 0.1) is 0 Å². The van der Waals surface area contributed by atoms with Crippen LogP contribution in [0.15, 0.2) is 24.3 Å². The van der Waals surface area contributed by atoms with Crippen LogP contribution < -0.4 is 4.74 Å². The van der Waals surface area contributed by atoms with E-state index in [1.807, 2.05) is 0 Å². The number of esters is 1. The standard InChI is InChI=1S/C16H15NO6/c1-9(18)17-12-5-4-10(22-2)8-11(12)15(16(21)23-3)13(17)6-7-14(19)20/h4-8H,1-3H3,(H,19,20). The lowest BCUT2D eigenvalue weighted by Gasteiger charge is -2.04. The van der Waals surface area contributed by atoms with Crippen molar-refractivity contribution in [2.24, 2.45) is 0 Å². The zero-order valence-electron chi connectivity index (χ0n) is 12.8. The second-order valence-corrected chi connectivity index (χ2v) is 4.66. The summed E-state index contributed by atoms with van der Waals surface area (Å²) in [6, 6.07) is 4.87. The third-order valence-electron chi connectivity index (χ3n) is 3.30. The first kappa shape index (κ1) is 16.3. The Morgan fingerprint density at radius 2 is 1.91 bits per heavy atom. The van der Waals surface area contributed by atoms with Crippen LogP contribution in [-0.4, -0.2) is 41.7 Å². The number of rotatable bonds is 4. The van der Waals surface area contributed by atoms with Crippen molar-refractivity contribution >= 4 is 34.8 Å². The quantitative estimate of drug-likeness (QED) is 0.686. The molecule has 23 heavy (non-hydrogen) atoms. The van der Waals surface area contributed by atoms with E-state index in [2.05, 4.69) is 0 Å². The lowest BCUT2D eigenvalue weighted by molar-refractivity contribution is -0.131. The number of nitrogens with zero attached hydrogens (tertiary/aromatic N) is 1. The van der Waals surface area contributed by atoms with Gasteiger partial charge in [0.15, 0.2) is 0 Å². The van der Waals surface area contributed by atoms with Gasteiger partial charge in [-0.05, 0) is 24.3 Å². The maximum Gasteiger partial charge on any atom is 0.340 e. The van der Waals surface area contributed by atoms with Crippen molar-refractivity contribution in [3.05, 3.63) is 35.5 Å². The summed E-state index contributed by atoms with van der Waals surface area (Å²) in [6.07, 6.45) is 2.06. The van der Waals surface area contributed by atoms with Crippen molar-refractivity contribution in [1.29, 1.82) is 0 Å². The van der Waals surface area contributed by atoms with Crippen LogP contribution in [0.5, 0.6) is 5.75 Å². The minimum atomic E-state index is -1.20. The average Bonchev–Trinajstić information content (AvgIpc) is 2.85. The fourth-order valence-electron chi connectivity index (χ4n) is 2.38. The second kappa shape index (κ2) is 6.35. The van der Waals surface area contributed by atoms with E-state index in [1.165, 1.54) is 31.8 Å². The highest BCUT2D eigenvalue weighted by Gasteiger charge is 2.24. The number of carboxylic acids is 1. The molecule has 7 nitrogen and oxygen atoms in total. The van der Waals surface area contributed by atoms with Crippen LogP contribution >= 0.6 is 0 Å². The molecule has 0 bridgehead atoms. The summed E-state index contributed by atoms with van der Waals surface area (Å²) < 4.78 is 11.2. The Hall–Kier alpha value is -3.09. The van der Waals surface area contributed by atoms with Gasteiger partial charge in [0.25, 0.3) is 0 Å². The van der Waals surface area contributed by atoms with E-state index in [0.29, 0.717) is 16.7 Å². The summed E-state index contributed by atoms with van der Waals surface area (Å²) in [5, 5.41) is 9.27. The molecule has 0 saturated carbocycles. The van der Waals surface area contributed by atoms with E-state index in [1.54, 1.807) is 18.2 Å². The van der Waals surface area contributed by atoms with Crippen molar-refractivity contribution in [3.8, 4) is 5.75 Å². The van der Waals surface area contributed by atoms with Crippen molar-refractivity contribution < 1.29 is 29.0 Å². The molecule has 0 aliphatic heterocycles.